The van der Waals surface area contributed by atoms with E-state index < -0.39 is 6.09 Å². The number of nitrogens with zero attached hydrogens (tertiary/aromatic N) is 5. The lowest BCUT2D eigenvalue weighted by atomic mass is 10.0. The molecule has 0 saturated carbocycles. The number of hydrogen-bond acceptors (Lipinski definition) is 9. The van der Waals surface area contributed by atoms with Crippen molar-refractivity contribution in [3.05, 3.63) is 76.0 Å². The van der Waals surface area contributed by atoms with E-state index in [4.69, 9.17) is 17.3 Å². The predicted molar refractivity (Wildman–Crippen MR) is 166 cm³/mol. The Morgan fingerprint density at radius 2 is 1.88 bits per heavy atom. The highest BCUT2D eigenvalue weighted by atomic mass is 35.5. The van der Waals surface area contributed by atoms with E-state index in [1.807, 2.05) is 43.3 Å². The Bertz CT molecular complexity index is 1840. The maximum atomic E-state index is 13.4. The van der Waals surface area contributed by atoms with E-state index in [2.05, 4.69) is 30.5 Å². The van der Waals surface area contributed by atoms with Crippen molar-refractivity contribution in [2.24, 2.45) is 0 Å². The van der Waals surface area contributed by atoms with Gasteiger partial charge in [-0.2, -0.15) is 0 Å². The van der Waals surface area contributed by atoms with Gasteiger partial charge < -0.3 is 26.4 Å². The number of fused-ring (bicyclic) bond motifs is 2. The molecule has 1 aliphatic heterocycles. The molecule has 0 atom stereocenters. The van der Waals surface area contributed by atoms with E-state index in [0.717, 1.165) is 27.6 Å². The molecule has 0 aliphatic carbocycles. The largest absolute Gasteiger partial charge is 0.465 e. The van der Waals surface area contributed by atoms with E-state index in [-0.39, 0.29) is 5.91 Å². The maximum Gasteiger partial charge on any atom is 0.407 e. The Morgan fingerprint density at radius 3 is 2.67 bits per heavy atom. The smallest absolute Gasteiger partial charge is 0.407 e. The fourth-order valence-electron chi connectivity index (χ4n) is 5.09. The summed E-state index contributed by atoms with van der Waals surface area (Å²) in [7, 11) is 0. The summed E-state index contributed by atoms with van der Waals surface area (Å²) in [4.78, 5) is 41.1. The van der Waals surface area contributed by atoms with E-state index in [1.165, 1.54) is 22.6 Å². The Balaban J connectivity index is 1.25. The standard InChI is InChI=1S/C29H27ClN8O3S/c1-16-2-4-20-19(23(16)36-28(39)21-14-42-25-24(21)33-15-34-26(25)31)6-7-32-27(20)35-18-3-5-22(30)17(12-18)13-37-8-10-38(11-9-37)29(40)41/h2-7,12,14-15H,8-11,13H2,1H3,(H,32,35)(H,36,39)(H,40,41)(H2,31,33,34). The number of carbonyl (C=O) groups excluding carboxylic acids is 1. The first-order chi connectivity index (χ1) is 20.3. The average Bonchev–Trinajstić information content (AvgIpc) is 3.42. The van der Waals surface area contributed by atoms with Gasteiger partial charge in [-0.3, -0.25) is 9.69 Å². The van der Waals surface area contributed by atoms with Crippen molar-refractivity contribution in [2.75, 3.05) is 42.5 Å². The van der Waals surface area contributed by atoms with Gasteiger partial charge in [-0.1, -0.05) is 23.7 Å². The normalized spacial score (nSPS) is 13.9. The quantitative estimate of drug-likeness (QED) is 0.195. The first kappa shape index (κ1) is 27.6. The summed E-state index contributed by atoms with van der Waals surface area (Å²) in [6, 6.07) is 11.5. The predicted octanol–water partition coefficient (Wildman–Crippen LogP) is 5.58. The fourth-order valence-corrected chi connectivity index (χ4v) is 6.17. The zero-order valence-corrected chi connectivity index (χ0v) is 24.2. The molecule has 2 amide bonds. The Labute approximate surface area is 250 Å². The van der Waals surface area contributed by atoms with Crippen LogP contribution in [0.4, 0.5) is 27.8 Å². The number of aryl methyl sites for hydroxylation is 1. The van der Waals surface area contributed by atoms with Gasteiger partial charge in [0.25, 0.3) is 5.91 Å². The van der Waals surface area contributed by atoms with Gasteiger partial charge in [0, 0.05) is 65.8 Å². The zero-order chi connectivity index (χ0) is 29.4. The molecule has 1 fully saturated rings. The van der Waals surface area contributed by atoms with Crippen LogP contribution in [0.1, 0.15) is 21.5 Å². The van der Waals surface area contributed by atoms with Crippen molar-refractivity contribution in [3.63, 3.8) is 0 Å². The lowest BCUT2D eigenvalue weighted by Crippen LogP contribution is -2.47. The number of anilines is 4. The molecule has 42 heavy (non-hydrogen) atoms. The third-order valence-electron chi connectivity index (χ3n) is 7.36. The molecule has 1 aliphatic rings. The molecule has 11 nitrogen and oxygen atoms in total. The first-order valence-electron chi connectivity index (χ1n) is 13.2. The summed E-state index contributed by atoms with van der Waals surface area (Å²) in [5.41, 5.74) is 10.2. The molecular formula is C29H27ClN8O3S. The third kappa shape index (κ3) is 5.39. The number of hydrogen-bond donors (Lipinski definition) is 4. The number of piperazine rings is 1. The van der Waals surface area contributed by atoms with Gasteiger partial charge in [0.1, 0.15) is 18.0 Å². The van der Waals surface area contributed by atoms with Crippen LogP contribution >= 0.6 is 22.9 Å². The minimum atomic E-state index is -0.890. The van der Waals surface area contributed by atoms with E-state index in [0.29, 0.717) is 70.8 Å². The molecule has 1 saturated heterocycles. The van der Waals surface area contributed by atoms with Crippen LogP contribution in [0.3, 0.4) is 0 Å². The zero-order valence-electron chi connectivity index (χ0n) is 22.6. The van der Waals surface area contributed by atoms with Crippen LogP contribution in [0.15, 0.2) is 54.3 Å². The van der Waals surface area contributed by atoms with Gasteiger partial charge in [-0.25, -0.2) is 19.7 Å². The number of nitrogens with two attached hydrogens (primary N) is 1. The van der Waals surface area contributed by atoms with Crippen LogP contribution in [0.2, 0.25) is 5.02 Å². The van der Waals surface area contributed by atoms with Crippen molar-refractivity contribution in [1.82, 2.24) is 24.8 Å². The van der Waals surface area contributed by atoms with Gasteiger partial charge >= 0.3 is 6.09 Å². The van der Waals surface area contributed by atoms with E-state index in [1.54, 1.807) is 11.6 Å². The van der Waals surface area contributed by atoms with Gasteiger partial charge in [-0.15, -0.1) is 11.3 Å². The molecule has 214 valence electrons. The second-order valence-corrected chi connectivity index (χ2v) is 11.3. The number of nitrogen functional groups attached to an aromatic ring is 1. The molecule has 13 heteroatoms. The van der Waals surface area contributed by atoms with Gasteiger partial charge in [-0.05, 0) is 42.3 Å². The number of thiophene rings is 1. The number of aromatic nitrogens is 3. The van der Waals surface area contributed by atoms with Crippen LogP contribution in [-0.2, 0) is 6.54 Å². The van der Waals surface area contributed by atoms with Crippen LogP contribution in [0.5, 0.6) is 0 Å². The molecule has 5 aromatic rings. The molecule has 0 bridgehead atoms. The second kappa shape index (κ2) is 11.4. The highest BCUT2D eigenvalue weighted by Crippen LogP contribution is 2.34. The highest BCUT2D eigenvalue weighted by Gasteiger charge is 2.22. The summed E-state index contributed by atoms with van der Waals surface area (Å²) in [6.45, 7) is 4.76. The molecular weight excluding hydrogens is 576 g/mol. The molecule has 4 heterocycles. The summed E-state index contributed by atoms with van der Waals surface area (Å²) >= 11 is 7.87. The van der Waals surface area contributed by atoms with Gasteiger partial charge in [0.2, 0.25) is 0 Å². The fraction of sp³-hybridized carbons (Fsp3) is 0.207. The molecule has 6 rings (SSSR count). The minimum absolute atomic E-state index is 0.284. The Kier molecular flexibility index (Phi) is 7.50. The summed E-state index contributed by atoms with van der Waals surface area (Å²) in [5.74, 6) is 0.693. The molecule has 2 aromatic carbocycles. The molecule has 0 spiro atoms. The average molecular weight is 603 g/mol. The third-order valence-corrected chi connectivity index (χ3v) is 8.72. The molecule has 0 radical (unpaired) electrons. The van der Waals surface area contributed by atoms with Gasteiger partial charge in [0.15, 0.2) is 0 Å². The number of nitrogens with one attached hydrogen (secondary N) is 2. The number of halogens is 1. The SMILES string of the molecule is Cc1ccc2c(Nc3ccc(Cl)c(CN4CCN(C(=O)O)CC4)c3)nccc2c1NC(=O)c1csc2c(N)ncnc12. The van der Waals surface area contributed by atoms with Crippen molar-refractivity contribution in [3.8, 4) is 0 Å². The first-order valence-corrected chi connectivity index (χ1v) is 14.5. The van der Waals surface area contributed by atoms with Crippen molar-refractivity contribution < 1.29 is 14.7 Å². The number of amides is 2. The molecule has 5 N–H and O–H groups in total. The number of benzene rings is 2. The second-order valence-electron chi connectivity index (χ2n) is 10.0. The Hall–Kier alpha value is -4.52. The number of carboxylic acid groups (broad SMARTS) is 1. The van der Waals surface area contributed by atoms with Crippen molar-refractivity contribution >= 4 is 78.9 Å². The van der Waals surface area contributed by atoms with Crippen LogP contribution in [-0.4, -0.2) is 68.0 Å². The highest BCUT2D eigenvalue weighted by molar-refractivity contribution is 7.18. The number of carbonyl (C=O) groups is 2. The summed E-state index contributed by atoms with van der Waals surface area (Å²) < 4.78 is 0.679. The van der Waals surface area contributed by atoms with Crippen molar-refractivity contribution in [2.45, 2.75) is 13.5 Å². The monoisotopic (exact) mass is 602 g/mol. The number of rotatable bonds is 6. The lowest BCUT2D eigenvalue weighted by Gasteiger charge is -2.33. The Morgan fingerprint density at radius 1 is 1.07 bits per heavy atom. The lowest BCUT2D eigenvalue weighted by molar-refractivity contribution is 0.102. The van der Waals surface area contributed by atoms with Crippen LogP contribution in [0.25, 0.3) is 21.0 Å². The van der Waals surface area contributed by atoms with Gasteiger partial charge in [0.05, 0.1) is 21.5 Å². The summed E-state index contributed by atoms with van der Waals surface area (Å²) in [6.07, 6.45) is 2.17. The topological polar surface area (TPSA) is 150 Å². The molecule has 0 unspecified atom stereocenters. The van der Waals surface area contributed by atoms with E-state index >= 15 is 0 Å². The summed E-state index contributed by atoms with van der Waals surface area (Å²) in [5, 5.41) is 19.8. The van der Waals surface area contributed by atoms with Crippen LogP contribution in [0, 0.1) is 6.92 Å². The number of pyridine rings is 1. The van der Waals surface area contributed by atoms with Crippen LogP contribution < -0.4 is 16.4 Å². The minimum Gasteiger partial charge on any atom is -0.465 e. The molecule has 3 aromatic heterocycles. The van der Waals surface area contributed by atoms with Crippen molar-refractivity contribution in [1.29, 1.82) is 0 Å². The van der Waals surface area contributed by atoms with E-state index in [9.17, 15) is 14.7 Å². The maximum absolute atomic E-state index is 13.4.